The number of carbonyl (C=O) groups is 3. The Kier molecular flexibility index (Phi) is 6.35. The molecule has 3 rings (SSSR count). The number of non-ortho nitro benzene ring substituents is 1. The number of carbonyl (C=O) groups excluding carboxylic acids is 3. The van der Waals surface area contributed by atoms with Gasteiger partial charge in [0.1, 0.15) is 5.82 Å². The van der Waals surface area contributed by atoms with Crippen molar-refractivity contribution in [2.24, 2.45) is 0 Å². The Morgan fingerprint density at radius 3 is 2.47 bits per heavy atom. The number of hydrogen-bond donors (Lipinski definition) is 2. The summed E-state index contributed by atoms with van der Waals surface area (Å²) in [6.45, 7) is 0.526. The lowest BCUT2D eigenvalue weighted by atomic mass is 10.1. The van der Waals surface area contributed by atoms with Crippen LogP contribution in [0.3, 0.4) is 0 Å². The third kappa shape index (κ3) is 4.59. The van der Waals surface area contributed by atoms with Gasteiger partial charge >= 0.3 is 6.03 Å². The van der Waals surface area contributed by atoms with Crippen LogP contribution in [0.5, 0.6) is 0 Å². The first kappa shape index (κ1) is 20.9. The molecule has 1 aliphatic heterocycles. The topological polar surface area (TPSA) is 122 Å². The van der Waals surface area contributed by atoms with Gasteiger partial charge in [0.15, 0.2) is 0 Å². The molecule has 156 valence electrons. The van der Waals surface area contributed by atoms with E-state index in [4.69, 9.17) is 0 Å². The van der Waals surface area contributed by atoms with Crippen LogP contribution in [0.15, 0.2) is 42.5 Å². The zero-order valence-corrected chi connectivity index (χ0v) is 15.9. The van der Waals surface area contributed by atoms with Crippen LogP contribution in [0.2, 0.25) is 0 Å². The number of halogens is 1. The minimum Gasteiger partial charge on any atom is -0.338 e. The minimum atomic E-state index is -0.630. The number of nitro groups is 1. The fourth-order valence-electron chi connectivity index (χ4n) is 3.11. The van der Waals surface area contributed by atoms with Crippen molar-refractivity contribution < 1.29 is 23.7 Å². The molecule has 0 aliphatic carbocycles. The highest BCUT2D eigenvalue weighted by Crippen LogP contribution is 2.26. The number of rotatable bonds is 8. The van der Waals surface area contributed by atoms with Crippen molar-refractivity contribution >= 4 is 23.5 Å². The number of benzene rings is 2. The van der Waals surface area contributed by atoms with Crippen molar-refractivity contribution in [1.82, 2.24) is 15.5 Å². The Bertz CT molecular complexity index is 1010. The lowest BCUT2D eigenvalue weighted by Gasteiger charge is -2.14. The maximum absolute atomic E-state index is 13.5. The first-order valence-corrected chi connectivity index (χ1v) is 9.28. The summed E-state index contributed by atoms with van der Waals surface area (Å²) in [6, 6.07) is 9.42. The van der Waals surface area contributed by atoms with Gasteiger partial charge in [-0.1, -0.05) is 18.2 Å². The Balaban J connectivity index is 1.41. The van der Waals surface area contributed by atoms with E-state index in [9.17, 15) is 28.9 Å². The molecule has 0 saturated carbocycles. The van der Waals surface area contributed by atoms with Crippen molar-refractivity contribution in [2.75, 3.05) is 19.6 Å². The van der Waals surface area contributed by atoms with Gasteiger partial charge in [-0.15, -0.1) is 0 Å². The molecule has 1 heterocycles. The molecule has 0 atom stereocenters. The molecule has 4 amide bonds. The summed E-state index contributed by atoms with van der Waals surface area (Å²) in [5.74, 6) is -1.43. The summed E-state index contributed by atoms with van der Waals surface area (Å²) in [6.07, 6.45) is 0.662. The van der Waals surface area contributed by atoms with Crippen LogP contribution in [0.25, 0.3) is 0 Å². The van der Waals surface area contributed by atoms with Crippen LogP contribution >= 0.6 is 0 Å². The molecule has 2 aromatic carbocycles. The first-order chi connectivity index (χ1) is 14.4. The number of amides is 4. The van der Waals surface area contributed by atoms with E-state index >= 15 is 0 Å². The maximum Gasteiger partial charge on any atom is 0.314 e. The van der Waals surface area contributed by atoms with Crippen molar-refractivity contribution in [1.29, 1.82) is 0 Å². The molecule has 0 saturated heterocycles. The Morgan fingerprint density at radius 1 is 1.03 bits per heavy atom. The van der Waals surface area contributed by atoms with E-state index in [1.165, 1.54) is 18.2 Å². The minimum absolute atomic E-state index is 0.00745. The molecule has 10 heteroatoms. The van der Waals surface area contributed by atoms with Crippen LogP contribution in [-0.4, -0.2) is 47.3 Å². The van der Waals surface area contributed by atoms with Gasteiger partial charge in [-0.2, -0.15) is 0 Å². The van der Waals surface area contributed by atoms with Gasteiger partial charge in [-0.3, -0.25) is 24.6 Å². The Labute approximate surface area is 171 Å². The van der Waals surface area contributed by atoms with Gasteiger partial charge in [0.2, 0.25) is 0 Å². The monoisotopic (exact) mass is 414 g/mol. The summed E-state index contributed by atoms with van der Waals surface area (Å²) >= 11 is 0. The zero-order valence-electron chi connectivity index (χ0n) is 15.9. The molecular formula is C20H19FN4O5. The van der Waals surface area contributed by atoms with Gasteiger partial charge in [0.05, 0.1) is 16.1 Å². The smallest absolute Gasteiger partial charge is 0.314 e. The highest BCUT2D eigenvalue weighted by molar-refractivity contribution is 6.21. The van der Waals surface area contributed by atoms with Gasteiger partial charge < -0.3 is 10.6 Å². The van der Waals surface area contributed by atoms with E-state index < -0.39 is 22.8 Å². The largest absolute Gasteiger partial charge is 0.338 e. The average molecular weight is 414 g/mol. The number of fused-ring (bicyclic) bond motifs is 1. The number of nitro benzene ring substituents is 1. The quantitative estimate of drug-likeness (QED) is 0.297. The predicted octanol–water partition coefficient (Wildman–Crippen LogP) is 2.26. The third-order valence-corrected chi connectivity index (χ3v) is 4.65. The predicted molar refractivity (Wildman–Crippen MR) is 105 cm³/mol. The maximum atomic E-state index is 13.5. The summed E-state index contributed by atoms with van der Waals surface area (Å²) in [5, 5.41) is 16.1. The Hall–Kier alpha value is -3.82. The average Bonchev–Trinajstić information content (AvgIpc) is 2.96. The standard InChI is InChI=1S/C20H19FN4O5/c21-17-5-2-1-4-13(17)8-10-23-20(28)22-9-3-11-24-18(26)15-7-6-14(25(29)30)12-16(15)19(24)27/h1-2,4-7,12H,3,8-11H2,(H2,22,23,28). The van der Waals surface area contributed by atoms with E-state index in [0.717, 1.165) is 11.0 Å². The fraction of sp³-hybridized carbons (Fsp3) is 0.250. The highest BCUT2D eigenvalue weighted by atomic mass is 19.1. The molecule has 0 spiro atoms. The number of urea groups is 1. The van der Waals surface area contributed by atoms with Crippen molar-refractivity contribution in [2.45, 2.75) is 12.8 Å². The number of imide groups is 1. The van der Waals surface area contributed by atoms with Crippen LogP contribution < -0.4 is 10.6 Å². The summed E-state index contributed by atoms with van der Waals surface area (Å²) in [5.41, 5.74) is 0.381. The fourth-order valence-corrected chi connectivity index (χ4v) is 3.11. The SMILES string of the molecule is O=C(NCCCN1C(=O)c2ccc([N+](=O)[O-])cc2C1=O)NCCc1ccccc1F. The second kappa shape index (κ2) is 9.12. The van der Waals surface area contributed by atoms with E-state index in [0.29, 0.717) is 18.4 Å². The van der Waals surface area contributed by atoms with E-state index in [2.05, 4.69) is 10.6 Å². The molecular weight excluding hydrogens is 395 g/mol. The molecule has 1 aliphatic rings. The molecule has 0 fully saturated rings. The number of nitrogens with one attached hydrogen (secondary N) is 2. The molecule has 2 aromatic rings. The van der Waals surface area contributed by atoms with Crippen molar-refractivity contribution in [3.63, 3.8) is 0 Å². The van der Waals surface area contributed by atoms with Crippen molar-refractivity contribution in [3.05, 3.63) is 75.1 Å². The van der Waals surface area contributed by atoms with Crippen LogP contribution in [0.1, 0.15) is 32.7 Å². The third-order valence-electron chi connectivity index (χ3n) is 4.65. The second-order valence-corrected chi connectivity index (χ2v) is 6.63. The van der Waals surface area contributed by atoms with Gasteiger partial charge in [0, 0.05) is 31.8 Å². The normalized spacial score (nSPS) is 12.6. The van der Waals surface area contributed by atoms with Gasteiger partial charge in [0.25, 0.3) is 17.5 Å². The van der Waals surface area contributed by atoms with Crippen molar-refractivity contribution in [3.8, 4) is 0 Å². The van der Waals surface area contributed by atoms with Crippen LogP contribution in [0.4, 0.5) is 14.9 Å². The van der Waals surface area contributed by atoms with Gasteiger partial charge in [-0.25, -0.2) is 9.18 Å². The van der Waals surface area contributed by atoms with E-state index in [1.54, 1.807) is 18.2 Å². The molecule has 2 N–H and O–H groups in total. The van der Waals surface area contributed by atoms with Crippen LogP contribution in [0, 0.1) is 15.9 Å². The summed E-state index contributed by atoms with van der Waals surface area (Å²) in [4.78, 5) is 47.7. The lowest BCUT2D eigenvalue weighted by molar-refractivity contribution is -0.384. The molecule has 30 heavy (non-hydrogen) atoms. The lowest BCUT2D eigenvalue weighted by Crippen LogP contribution is -2.39. The molecule has 9 nitrogen and oxygen atoms in total. The molecule has 0 unspecified atom stereocenters. The highest BCUT2D eigenvalue weighted by Gasteiger charge is 2.36. The van der Waals surface area contributed by atoms with E-state index in [-0.39, 0.29) is 42.3 Å². The first-order valence-electron chi connectivity index (χ1n) is 9.28. The van der Waals surface area contributed by atoms with Gasteiger partial charge in [-0.05, 0) is 30.5 Å². The van der Waals surface area contributed by atoms with E-state index in [1.807, 2.05) is 0 Å². The molecule has 0 aromatic heterocycles. The summed E-state index contributed by atoms with van der Waals surface area (Å²) < 4.78 is 13.5. The Morgan fingerprint density at radius 2 is 1.73 bits per heavy atom. The molecule has 0 radical (unpaired) electrons. The summed E-state index contributed by atoms with van der Waals surface area (Å²) in [7, 11) is 0. The number of nitrogens with zero attached hydrogens (tertiary/aromatic N) is 2. The zero-order chi connectivity index (χ0) is 21.7. The number of hydrogen-bond acceptors (Lipinski definition) is 5. The second-order valence-electron chi connectivity index (χ2n) is 6.63. The van der Waals surface area contributed by atoms with Crippen LogP contribution in [-0.2, 0) is 6.42 Å². The molecule has 0 bridgehead atoms.